The largest absolute Gasteiger partial charge is 0.478 e. The van der Waals surface area contributed by atoms with Crippen LogP contribution in [0, 0.1) is 6.92 Å². The van der Waals surface area contributed by atoms with E-state index < -0.39 is 5.97 Å². The predicted molar refractivity (Wildman–Crippen MR) is 71.9 cm³/mol. The molecule has 0 spiro atoms. The van der Waals surface area contributed by atoms with Crippen molar-refractivity contribution in [2.75, 3.05) is 5.73 Å². The van der Waals surface area contributed by atoms with Gasteiger partial charge in [0.1, 0.15) is 11.3 Å². The second-order valence-electron chi connectivity index (χ2n) is 3.92. The molecule has 19 heavy (non-hydrogen) atoms. The fourth-order valence-corrected chi connectivity index (χ4v) is 1.78. The van der Waals surface area contributed by atoms with E-state index in [1.807, 2.05) is 6.92 Å². The number of nitrogen functional groups attached to an aromatic ring is 1. The summed E-state index contributed by atoms with van der Waals surface area (Å²) in [6.45, 7) is 1.84. The number of nitrogens with two attached hydrogens (primary N) is 1. The molecule has 5 nitrogen and oxygen atoms in total. The second kappa shape index (κ2) is 5.16. The minimum absolute atomic E-state index is 0.0500. The molecule has 0 aliphatic carbocycles. The lowest BCUT2D eigenvalue weighted by atomic mass is 10.2. The summed E-state index contributed by atoms with van der Waals surface area (Å²) in [5.41, 5.74) is 6.56. The Kier molecular flexibility index (Phi) is 3.57. The Morgan fingerprint density at radius 3 is 2.74 bits per heavy atom. The Morgan fingerprint density at radius 2 is 2.16 bits per heavy atom. The topological polar surface area (TPSA) is 85.4 Å². The van der Waals surface area contributed by atoms with Crippen LogP contribution < -0.4 is 10.5 Å². The van der Waals surface area contributed by atoms with Crippen molar-refractivity contribution in [2.24, 2.45) is 0 Å². The van der Waals surface area contributed by atoms with Gasteiger partial charge >= 0.3 is 5.97 Å². The number of carboxylic acid groups (broad SMARTS) is 1. The van der Waals surface area contributed by atoms with Crippen molar-refractivity contribution in [2.45, 2.75) is 6.92 Å². The Balaban J connectivity index is 2.44. The number of carbonyl (C=O) groups is 1. The monoisotopic (exact) mass is 278 g/mol. The van der Waals surface area contributed by atoms with Gasteiger partial charge in [0.2, 0.25) is 0 Å². The van der Waals surface area contributed by atoms with Crippen molar-refractivity contribution >= 4 is 23.3 Å². The summed E-state index contributed by atoms with van der Waals surface area (Å²) in [5.74, 6) is -0.710. The van der Waals surface area contributed by atoms with E-state index in [1.54, 1.807) is 12.1 Å². The van der Waals surface area contributed by atoms with E-state index in [0.29, 0.717) is 5.75 Å². The molecule has 0 saturated carbocycles. The minimum Gasteiger partial charge on any atom is -0.478 e. The SMILES string of the molecule is Cc1ccc(Oc2c(Cl)cc(N)cc2C(=O)O)cn1. The van der Waals surface area contributed by atoms with Gasteiger partial charge in [-0.25, -0.2) is 4.79 Å². The first-order valence-electron chi connectivity index (χ1n) is 5.40. The van der Waals surface area contributed by atoms with Crippen LogP contribution in [-0.4, -0.2) is 16.1 Å². The van der Waals surface area contributed by atoms with Crippen LogP contribution in [0.15, 0.2) is 30.5 Å². The maximum absolute atomic E-state index is 11.2. The van der Waals surface area contributed by atoms with E-state index in [1.165, 1.54) is 18.3 Å². The van der Waals surface area contributed by atoms with Gasteiger partial charge in [-0.3, -0.25) is 4.98 Å². The van der Waals surface area contributed by atoms with Crippen LogP contribution in [0.4, 0.5) is 5.69 Å². The van der Waals surface area contributed by atoms with Gasteiger partial charge in [-0.2, -0.15) is 0 Å². The Hall–Kier alpha value is -2.27. The molecule has 2 aromatic rings. The molecule has 0 aliphatic rings. The van der Waals surface area contributed by atoms with Crippen molar-refractivity contribution in [3.63, 3.8) is 0 Å². The van der Waals surface area contributed by atoms with E-state index in [2.05, 4.69) is 4.98 Å². The van der Waals surface area contributed by atoms with Gasteiger partial charge < -0.3 is 15.6 Å². The second-order valence-corrected chi connectivity index (χ2v) is 4.33. The number of carboxylic acids is 1. The van der Waals surface area contributed by atoms with Gasteiger partial charge in [0.25, 0.3) is 0 Å². The molecule has 0 atom stereocenters. The Labute approximate surface area is 114 Å². The molecule has 0 aliphatic heterocycles. The number of nitrogens with zero attached hydrogens (tertiary/aromatic N) is 1. The molecule has 98 valence electrons. The fraction of sp³-hybridized carbons (Fsp3) is 0.0769. The molecule has 1 aromatic heterocycles. The van der Waals surface area contributed by atoms with Gasteiger partial charge in [0.05, 0.1) is 11.2 Å². The first-order chi connectivity index (χ1) is 8.97. The number of rotatable bonds is 3. The Morgan fingerprint density at radius 1 is 1.42 bits per heavy atom. The molecule has 0 unspecified atom stereocenters. The molecule has 1 aromatic carbocycles. The maximum Gasteiger partial charge on any atom is 0.339 e. The van der Waals surface area contributed by atoms with Gasteiger partial charge in [-0.15, -0.1) is 0 Å². The first-order valence-corrected chi connectivity index (χ1v) is 5.78. The molecular weight excluding hydrogens is 268 g/mol. The summed E-state index contributed by atoms with van der Waals surface area (Å²) in [5, 5.41) is 9.26. The summed E-state index contributed by atoms with van der Waals surface area (Å²) < 4.78 is 5.48. The summed E-state index contributed by atoms with van der Waals surface area (Å²) in [4.78, 5) is 15.2. The zero-order valence-electron chi connectivity index (χ0n) is 10.1. The molecule has 2 rings (SSSR count). The van der Waals surface area contributed by atoms with E-state index >= 15 is 0 Å². The molecule has 0 radical (unpaired) electrons. The average molecular weight is 279 g/mol. The number of hydrogen-bond donors (Lipinski definition) is 2. The quantitative estimate of drug-likeness (QED) is 0.843. The third-order valence-corrected chi connectivity index (χ3v) is 2.68. The number of anilines is 1. The zero-order valence-corrected chi connectivity index (χ0v) is 10.8. The van der Waals surface area contributed by atoms with E-state index in [4.69, 9.17) is 27.2 Å². The number of pyridine rings is 1. The number of ether oxygens (including phenoxy) is 1. The van der Waals surface area contributed by atoms with E-state index in [-0.39, 0.29) is 22.0 Å². The third-order valence-electron chi connectivity index (χ3n) is 2.40. The molecular formula is C13H11ClN2O3. The Bertz CT molecular complexity index is 627. The number of aromatic nitrogens is 1. The highest BCUT2D eigenvalue weighted by molar-refractivity contribution is 6.33. The van der Waals surface area contributed by atoms with Gasteiger partial charge in [-0.1, -0.05) is 11.6 Å². The van der Waals surface area contributed by atoms with Crippen LogP contribution in [0.1, 0.15) is 16.1 Å². The summed E-state index contributed by atoms with van der Waals surface area (Å²) in [6, 6.07) is 6.16. The highest BCUT2D eigenvalue weighted by Crippen LogP contribution is 2.34. The molecule has 3 N–H and O–H groups in total. The van der Waals surface area contributed by atoms with E-state index in [9.17, 15) is 4.79 Å². The molecule has 6 heteroatoms. The smallest absolute Gasteiger partial charge is 0.339 e. The lowest BCUT2D eigenvalue weighted by Crippen LogP contribution is -2.02. The molecule has 0 fully saturated rings. The number of hydrogen-bond acceptors (Lipinski definition) is 4. The molecule has 0 amide bonds. The summed E-state index contributed by atoms with van der Waals surface area (Å²) >= 11 is 5.97. The number of aryl methyl sites for hydroxylation is 1. The van der Waals surface area contributed by atoms with Crippen LogP contribution in [-0.2, 0) is 0 Å². The lowest BCUT2D eigenvalue weighted by Gasteiger charge is -2.11. The number of halogens is 1. The number of benzene rings is 1. The van der Waals surface area contributed by atoms with Crippen molar-refractivity contribution in [3.8, 4) is 11.5 Å². The highest BCUT2D eigenvalue weighted by Gasteiger charge is 2.17. The average Bonchev–Trinajstić information content (AvgIpc) is 2.34. The van der Waals surface area contributed by atoms with Crippen LogP contribution in [0.5, 0.6) is 11.5 Å². The standard InChI is InChI=1S/C13H11ClN2O3/c1-7-2-3-9(6-16-7)19-12-10(13(17)18)4-8(15)5-11(12)14/h2-6H,15H2,1H3,(H,17,18). The lowest BCUT2D eigenvalue weighted by molar-refractivity contribution is 0.0694. The van der Waals surface area contributed by atoms with Gasteiger partial charge in [0, 0.05) is 11.4 Å². The minimum atomic E-state index is -1.16. The van der Waals surface area contributed by atoms with Crippen LogP contribution in [0.3, 0.4) is 0 Å². The van der Waals surface area contributed by atoms with Crippen LogP contribution >= 0.6 is 11.6 Å². The predicted octanol–water partition coefficient (Wildman–Crippen LogP) is 3.12. The van der Waals surface area contributed by atoms with Gasteiger partial charge in [-0.05, 0) is 31.2 Å². The first kappa shape index (κ1) is 13.2. The van der Waals surface area contributed by atoms with Crippen molar-refractivity contribution in [3.05, 3.63) is 46.7 Å². The summed E-state index contributed by atoms with van der Waals surface area (Å²) in [6.07, 6.45) is 1.49. The fourth-order valence-electron chi connectivity index (χ4n) is 1.51. The maximum atomic E-state index is 11.2. The van der Waals surface area contributed by atoms with Crippen molar-refractivity contribution in [1.29, 1.82) is 0 Å². The van der Waals surface area contributed by atoms with Crippen LogP contribution in [0.25, 0.3) is 0 Å². The van der Waals surface area contributed by atoms with Gasteiger partial charge in [0.15, 0.2) is 5.75 Å². The zero-order chi connectivity index (χ0) is 14.0. The highest BCUT2D eigenvalue weighted by atomic mass is 35.5. The molecule has 1 heterocycles. The molecule has 0 bridgehead atoms. The van der Waals surface area contributed by atoms with Crippen molar-refractivity contribution in [1.82, 2.24) is 4.98 Å². The normalized spacial score (nSPS) is 10.2. The van der Waals surface area contributed by atoms with Crippen LogP contribution in [0.2, 0.25) is 5.02 Å². The van der Waals surface area contributed by atoms with Crippen molar-refractivity contribution < 1.29 is 14.6 Å². The molecule has 0 saturated heterocycles. The number of aromatic carboxylic acids is 1. The third kappa shape index (κ3) is 2.95. The summed E-state index contributed by atoms with van der Waals surface area (Å²) in [7, 11) is 0. The van der Waals surface area contributed by atoms with E-state index in [0.717, 1.165) is 5.69 Å².